The molecule has 0 saturated carbocycles. The molecule has 0 aliphatic carbocycles. The van der Waals surface area contributed by atoms with Crippen molar-refractivity contribution in [2.75, 3.05) is 20.2 Å². The zero-order valence-corrected chi connectivity index (χ0v) is 10.4. The Morgan fingerprint density at radius 2 is 2.33 bits per heavy atom. The van der Waals surface area contributed by atoms with Crippen LogP contribution in [-0.2, 0) is 11.3 Å². The second-order valence-electron chi connectivity index (χ2n) is 4.49. The maximum Gasteiger partial charge on any atom is 0.407 e. The molecular formula is C13H18N2O3. The number of phenols is 1. The van der Waals surface area contributed by atoms with Crippen molar-refractivity contribution in [3.8, 4) is 5.75 Å². The number of ether oxygens (including phenoxy) is 1. The van der Waals surface area contributed by atoms with Gasteiger partial charge in [-0.05, 0) is 12.5 Å². The second-order valence-corrected chi connectivity index (χ2v) is 4.49. The third kappa shape index (κ3) is 3.13. The summed E-state index contributed by atoms with van der Waals surface area (Å²) in [5.41, 5.74) is 0.913. The van der Waals surface area contributed by atoms with Gasteiger partial charge in [0, 0.05) is 31.2 Å². The van der Waals surface area contributed by atoms with Crippen LogP contribution in [0.5, 0.6) is 5.75 Å². The number of carbonyl (C=O) groups excluding carboxylic acids is 1. The molecule has 0 aromatic heterocycles. The van der Waals surface area contributed by atoms with Gasteiger partial charge in [-0.2, -0.15) is 0 Å². The Labute approximate surface area is 106 Å². The molecule has 1 aromatic carbocycles. The van der Waals surface area contributed by atoms with E-state index in [9.17, 15) is 9.90 Å². The number of likely N-dealkylation sites (tertiary alicyclic amines) is 1. The predicted octanol–water partition coefficient (Wildman–Crippen LogP) is 1.32. The van der Waals surface area contributed by atoms with Crippen LogP contribution in [0, 0.1) is 0 Å². The van der Waals surface area contributed by atoms with Crippen LogP contribution in [0.15, 0.2) is 24.3 Å². The van der Waals surface area contributed by atoms with E-state index in [4.69, 9.17) is 0 Å². The Balaban J connectivity index is 1.86. The molecule has 1 aromatic rings. The Morgan fingerprint density at radius 3 is 3.06 bits per heavy atom. The van der Waals surface area contributed by atoms with Crippen LogP contribution in [0.25, 0.3) is 0 Å². The summed E-state index contributed by atoms with van der Waals surface area (Å²) >= 11 is 0. The van der Waals surface area contributed by atoms with Gasteiger partial charge in [0.1, 0.15) is 5.75 Å². The third-order valence-electron chi connectivity index (χ3n) is 3.17. The fraction of sp³-hybridized carbons (Fsp3) is 0.462. The van der Waals surface area contributed by atoms with Crippen molar-refractivity contribution in [3.05, 3.63) is 29.8 Å². The van der Waals surface area contributed by atoms with Crippen LogP contribution in [0.1, 0.15) is 12.0 Å². The molecule has 0 bridgehead atoms. The van der Waals surface area contributed by atoms with Crippen molar-refractivity contribution in [2.45, 2.75) is 19.0 Å². The van der Waals surface area contributed by atoms with Gasteiger partial charge in [0.05, 0.1) is 7.11 Å². The first-order chi connectivity index (χ1) is 8.69. The molecule has 1 amide bonds. The van der Waals surface area contributed by atoms with Gasteiger partial charge in [-0.3, -0.25) is 4.90 Å². The summed E-state index contributed by atoms with van der Waals surface area (Å²) in [6, 6.07) is 7.45. The molecule has 18 heavy (non-hydrogen) atoms. The van der Waals surface area contributed by atoms with E-state index in [2.05, 4.69) is 15.0 Å². The van der Waals surface area contributed by atoms with Gasteiger partial charge in [-0.15, -0.1) is 0 Å². The third-order valence-corrected chi connectivity index (χ3v) is 3.17. The number of para-hydroxylation sites is 1. The summed E-state index contributed by atoms with van der Waals surface area (Å²) in [7, 11) is 1.37. The van der Waals surface area contributed by atoms with E-state index < -0.39 is 0 Å². The first kappa shape index (κ1) is 12.7. The number of aromatic hydroxyl groups is 1. The van der Waals surface area contributed by atoms with E-state index in [1.807, 2.05) is 18.2 Å². The van der Waals surface area contributed by atoms with Gasteiger partial charge in [0.2, 0.25) is 0 Å². The van der Waals surface area contributed by atoms with Crippen LogP contribution >= 0.6 is 0 Å². The lowest BCUT2D eigenvalue weighted by Gasteiger charge is -2.17. The van der Waals surface area contributed by atoms with Crippen LogP contribution in [0.4, 0.5) is 4.79 Å². The lowest BCUT2D eigenvalue weighted by Crippen LogP contribution is -2.36. The minimum absolute atomic E-state index is 0.128. The summed E-state index contributed by atoms with van der Waals surface area (Å²) in [6.45, 7) is 2.39. The molecule has 1 aliphatic rings. The number of hydrogen-bond acceptors (Lipinski definition) is 4. The molecule has 0 radical (unpaired) electrons. The average molecular weight is 250 g/mol. The summed E-state index contributed by atoms with van der Waals surface area (Å²) < 4.78 is 4.58. The van der Waals surface area contributed by atoms with E-state index in [1.54, 1.807) is 6.07 Å². The second kappa shape index (κ2) is 5.73. The predicted molar refractivity (Wildman–Crippen MR) is 67.3 cm³/mol. The van der Waals surface area contributed by atoms with E-state index in [0.717, 1.165) is 25.1 Å². The van der Waals surface area contributed by atoms with Gasteiger partial charge in [0.15, 0.2) is 0 Å². The SMILES string of the molecule is COC(=O)NC1CCN(Cc2ccccc2O)C1. The number of rotatable bonds is 3. The number of phenolic OH excluding ortho intramolecular Hbond substituents is 1. The fourth-order valence-electron chi connectivity index (χ4n) is 2.21. The molecule has 5 heteroatoms. The molecule has 1 aliphatic heterocycles. The average Bonchev–Trinajstić information content (AvgIpc) is 2.79. The van der Waals surface area contributed by atoms with Crippen molar-refractivity contribution >= 4 is 6.09 Å². The Morgan fingerprint density at radius 1 is 1.56 bits per heavy atom. The number of nitrogens with zero attached hydrogens (tertiary/aromatic N) is 1. The highest BCUT2D eigenvalue weighted by Gasteiger charge is 2.24. The van der Waals surface area contributed by atoms with Crippen molar-refractivity contribution < 1.29 is 14.6 Å². The van der Waals surface area contributed by atoms with Gasteiger partial charge in [0.25, 0.3) is 0 Å². The molecule has 1 saturated heterocycles. The maximum atomic E-state index is 11.1. The maximum absolute atomic E-state index is 11.1. The van der Waals surface area contributed by atoms with E-state index in [1.165, 1.54) is 7.11 Å². The molecule has 1 fully saturated rings. The van der Waals surface area contributed by atoms with Crippen LogP contribution in [0.3, 0.4) is 0 Å². The lowest BCUT2D eigenvalue weighted by molar-refractivity contribution is 0.166. The highest BCUT2D eigenvalue weighted by Crippen LogP contribution is 2.20. The molecule has 1 heterocycles. The summed E-state index contributed by atoms with van der Waals surface area (Å²) in [4.78, 5) is 13.3. The zero-order chi connectivity index (χ0) is 13.0. The number of hydrogen-bond donors (Lipinski definition) is 2. The first-order valence-corrected chi connectivity index (χ1v) is 6.02. The fourth-order valence-corrected chi connectivity index (χ4v) is 2.21. The normalized spacial score (nSPS) is 19.7. The standard InChI is InChI=1S/C13H18N2O3/c1-18-13(17)14-11-6-7-15(9-11)8-10-4-2-3-5-12(10)16/h2-5,11,16H,6-9H2,1H3,(H,14,17). The Kier molecular flexibility index (Phi) is 4.04. The summed E-state index contributed by atoms with van der Waals surface area (Å²) in [6.07, 6.45) is 0.521. The lowest BCUT2D eigenvalue weighted by atomic mass is 10.2. The molecular weight excluding hydrogens is 232 g/mol. The molecule has 1 unspecified atom stereocenters. The molecule has 2 N–H and O–H groups in total. The van der Waals surface area contributed by atoms with Crippen LogP contribution in [0.2, 0.25) is 0 Å². The smallest absolute Gasteiger partial charge is 0.407 e. The highest BCUT2D eigenvalue weighted by molar-refractivity contribution is 5.67. The van der Waals surface area contributed by atoms with Gasteiger partial charge in [-0.1, -0.05) is 18.2 Å². The number of methoxy groups -OCH3 is 1. The van der Waals surface area contributed by atoms with Crippen LogP contribution < -0.4 is 5.32 Å². The summed E-state index contributed by atoms with van der Waals surface area (Å²) in [5.74, 6) is 0.321. The number of nitrogens with one attached hydrogen (secondary N) is 1. The van der Waals surface area contributed by atoms with Crippen molar-refractivity contribution in [1.29, 1.82) is 0 Å². The van der Waals surface area contributed by atoms with Crippen molar-refractivity contribution in [1.82, 2.24) is 10.2 Å². The molecule has 1 atom stereocenters. The van der Waals surface area contributed by atoms with E-state index in [0.29, 0.717) is 12.3 Å². The zero-order valence-electron chi connectivity index (χ0n) is 10.4. The van der Waals surface area contributed by atoms with Gasteiger partial charge >= 0.3 is 6.09 Å². The van der Waals surface area contributed by atoms with E-state index in [-0.39, 0.29) is 12.1 Å². The first-order valence-electron chi connectivity index (χ1n) is 6.02. The van der Waals surface area contributed by atoms with Gasteiger partial charge in [-0.25, -0.2) is 4.79 Å². The number of carbonyl (C=O) groups is 1. The van der Waals surface area contributed by atoms with E-state index >= 15 is 0 Å². The monoisotopic (exact) mass is 250 g/mol. The summed E-state index contributed by atoms with van der Waals surface area (Å²) in [5, 5.41) is 12.5. The molecule has 2 rings (SSSR count). The number of benzene rings is 1. The largest absolute Gasteiger partial charge is 0.508 e. The Hall–Kier alpha value is -1.75. The minimum Gasteiger partial charge on any atom is -0.508 e. The molecule has 0 spiro atoms. The van der Waals surface area contributed by atoms with Gasteiger partial charge < -0.3 is 15.2 Å². The van der Waals surface area contributed by atoms with Crippen LogP contribution in [-0.4, -0.2) is 42.3 Å². The number of alkyl carbamates (subject to hydrolysis) is 1. The molecule has 5 nitrogen and oxygen atoms in total. The highest BCUT2D eigenvalue weighted by atomic mass is 16.5. The van der Waals surface area contributed by atoms with Crippen molar-refractivity contribution in [2.24, 2.45) is 0 Å². The Bertz CT molecular complexity index is 422. The van der Waals surface area contributed by atoms with Crippen molar-refractivity contribution in [3.63, 3.8) is 0 Å². The quantitative estimate of drug-likeness (QED) is 0.849. The number of amides is 1. The molecule has 98 valence electrons. The minimum atomic E-state index is -0.385. The topological polar surface area (TPSA) is 61.8 Å².